The minimum Gasteiger partial charge on any atom is -0.493 e. The predicted molar refractivity (Wildman–Crippen MR) is 156 cm³/mol. The molecule has 0 spiro atoms. The average Bonchev–Trinajstić information content (AvgIpc) is 3.43. The van der Waals surface area contributed by atoms with Gasteiger partial charge >= 0.3 is 6.09 Å². The molecule has 1 aromatic heterocycles. The van der Waals surface area contributed by atoms with Gasteiger partial charge in [-0.05, 0) is 55.4 Å². The van der Waals surface area contributed by atoms with Crippen LogP contribution in [0.2, 0.25) is 0 Å². The highest BCUT2D eigenvalue weighted by molar-refractivity contribution is 5.91. The maximum Gasteiger partial charge on any atom is 0.413 e. The number of anilines is 1. The number of rotatable bonds is 11. The van der Waals surface area contributed by atoms with Crippen molar-refractivity contribution in [2.75, 3.05) is 24.6 Å². The van der Waals surface area contributed by atoms with E-state index in [1.807, 2.05) is 37.3 Å². The molecule has 6 nitrogen and oxygen atoms in total. The van der Waals surface area contributed by atoms with Crippen molar-refractivity contribution in [1.82, 2.24) is 9.88 Å². The smallest absolute Gasteiger partial charge is 0.413 e. The average molecular weight is 524 g/mol. The van der Waals surface area contributed by atoms with E-state index in [4.69, 9.17) is 9.72 Å². The summed E-state index contributed by atoms with van der Waals surface area (Å²) >= 11 is 0. The summed E-state index contributed by atoms with van der Waals surface area (Å²) in [5.74, 6) is 1.31. The van der Waals surface area contributed by atoms with Gasteiger partial charge in [-0.3, -0.25) is 9.80 Å². The van der Waals surface area contributed by atoms with Crippen LogP contribution in [0.4, 0.5) is 10.6 Å². The Morgan fingerprint density at radius 3 is 2.36 bits per heavy atom. The molecule has 1 aliphatic rings. The number of ether oxygens (including phenoxy) is 1. The highest BCUT2D eigenvalue weighted by atomic mass is 16.5. The molecular weight excluding hydrogens is 486 g/mol. The number of amides is 1. The normalized spacial score (nSPS) is 17.0. The van der Waals surface area contributed by atoms with Crippen LogP contribution < -0.4 is 9.64 Å². The molecular formula is C33H37N3O3. The number of benzene rings is 3. The van der Waals surface area contributed by atoms with Crippen LogP contribution in [0.3, 0.4) is 0 Å². The van der Waals surface area contributed by atoms with Gasteiger partial charge in [0.2, 0.25) is 0 Å². The second-order valence-electron chi connectivity index (χ2n) is 10.3. The van der Waals surface area contributed by atoms with Gasteiger partial charge in [-0.1, -0.05) is 79.2 Å². The van der Waals surface area contributed by atoms with E-state index in [9.17, 15) is 9.90 Å². The topological polar surface area (TPSA) is 65.9 Å². The zero-order chi connectivity index (χ0) is 27.0. The van der Waals surface area contributed by atoms with Crippen LogP contribution in [0, 0.1) is 5.92 Å². The molecule has 39 heavy (non-hydrogen) atoms. The quantitative estimate of drug-likeness (QED) is 0.229. The predicted octanol–water partition coefficient (Wildman–Crippen LogP) is 7.03. The molecule has 1 fully saturated rings. The van der Waals surface area contributed by atoms with E-state index < -0.39 is 6.09 Å². The van der Waals surface area contributed by atoms with Crippen molar-refractivity contribution in [2.24, 2.45) is 5.92 Å². The SMILES string of the molecule is CCOc1cc(N(CC2CCCC2N(CCc2ccccc2)Cc2ccccc2)C(=O)O)nc2ccccc12. The van der Waals surface area contributed by atoms with Crippen molar-refractivity contribution in [3.63, 3.8) is 0 Å². The van der Waals surface area contributed by atoms with Gasteiger partial charge < -0.3 is 9.84 Å². The first-order valence-corrected chi connectivity index (χ1v) is 14.0. The van der Waals surface area contributed by atoms with Gasteiger partial charge in [-0.2, -0.15) is 0 Å². The number of para-hydroxylation sites is 1. The standard InChI is InChI=1S/C33H37N3O3/c1-2-39-31-22-32(34-29-18-10-9-17-28(29)31)36(33(37)38)24-27-16-11-19-30(27)35(23-26-14-7-4-8-15-26)21-20-25-12-5-3-6-13-25/h3-10,12-15,17-18,22,27,30H,2,11,16,19-21,23-24H2,1H3,(H,37,38). The van der Waals surface area contributed by atoms with Crippen LogP contribution in [-0.2, 0) is 13.0 Å². The molecule has 1 heterocycles. The van der Waals surface area contributed by atoms with E-state index in [1.165, 1.54) is 16.0 Å². The number of carbonyl (C=O) groups is 1. The molecule has 1 N–H and O–H groups in total. The highest BCUT2D eigenvalue weighted by Crippen LogP contribution is 2.35. The number of fused-ring (bicyclic) bond motifs is 1. The molecule has 1 saturated carbocycles. The van der Waals surface area contributed by atoms with Gasteiger partial charge in [0.05, 0.1) is 12.1 Å². The second-order valence-corrected chi connectivity index (χ2v) is 10.3. The van der Waals surface area contributed by atoms with E-state index in [0.717, 1.165) is 49.7 Å². The number of carboxylic acid groups (broad SMARTS) is 1. The van der Waals surface area contributed by atoms with Crippen molar-refractivity contribution in [3.05, 3.63) is 102 Å². The van der Waals surface area contributed by atoms with Crippen molar-refractivity contribution >= 4 is 22.8 Å². The van der Waals surface area contributed by atoms with Gasteiger partial charge in [-0.15, -0.1) is 0 Å². The lowest BCUT2D eigenvalue weighted by molar-refractivity contribution is 0.152. The van der Waals surface area contributed by atoms with Gasteiger partial charge in [-0.25, -0.2) is 9.78 Å². The Morgan fingerprint density at radius 2 is 1.64 bits per heavy atom. The first-order chi connectivity index (χ1) is 19.1. The molecule has 0 aliphatic heterocycles. The molecule has 2 unspecified atom stereocenters. The number of nitrogens with zero attached hydrogens (tertiary/aromatic N) is 3. The van der Waals surface area contributed by atoms with Crippen LogP contribution in [0.1, 0.15) is 37.3 Å². The molecule has 1 aliphatic carbocycles. The van der Waals surface area contributed by atoms with E-state index in [-0.39, 0.29) is 5.92 Å². The Labute approximate surface area is 230 Å². The largest absolute Gasteiger partial charge is 0.493 e. The summed E-state index contributed by atoms with van der Waals surface area (Å²) in [5, 5.41) is 11.2. The summed E-state index contributed by atoms with van der Waals surface area (Å²) in [6.07, 6.45) is 3.13. The lowest BCUT2D eigenvalue weighted by atomic mass is 9.99. The maximum atomic E-state index is 12.6. The number of pyridine rings is 1. The Hall–Kier alpha value is -3.90. The first-order valence-electron chi connectivity index (χ1n) is 14.0. The lowest BCUT2D eigenvalue weighted by Gasteiger charge is -2.35. The number of hydrogen-bond donors (Lipinski definition) is 1. The fraction of sp³-hybridized carbons (Fsp3) is 0.333. The monoisotopic (exact) mass is 523 g/mol. The summed E-state index contributed by atoms with van der Waals surface area (Å²) in [7, 11) is 0. The summed E-state index contributed by atoms with van der Waals surface area (Å²) in [6, 6.07) is 31.0. The van der Waals surface area contributed by atoms with E-state index in [1.54, 1.807) is 6.07 Å². The van der Waals surface area contributed by atoms with Gasteiger partial charge in [0, 0.05) is 37.1 Å². The van der Waals surface area contributed by atoms with E-state index in [0.29, 0.717) is 30.8 Å². The Bertz CT molecular complexity index is 1360. The molecule has 202 valence electrons. The summed E-state index contributed by atoms with van der Waals surface area (Å²) in [5.41, 5.74) is 3.34. The number of aromatic nitrogens is 1. The van der Waals surface area contributed by atoms with Crippen molar-refractivity contribution < 1.29 is 14.6 Å². The van der Waals surface area contributed by atoms with E-state index >= 15 is 0 Å². The van der Waals surface area contributed by atoms with Crippen LogP contribution in [-0.4, -0.2) is 46.8 Å². The fourth-order valence-corrected chi connectivity index (χ4v) is 5.86. The lowest BCUT2D eigenvalue weighted by Crippen LogP contribution is -2.44. The molecule has 0 saturated heterocycles. The molecule has 5 rings (SSSR count). The molecule has 2 atom stereocenters. The Kier molecular flexibility index (Phi) is 8.74. The van der Waals surface area contributed by atoms with Gasteiger partial charge in [0.15, 0.2) is 0 Å². The van der Waals surface area contributed by atoms with Crippen LogP contribution >= 0.6 is 0 Å². The zero-order valence-electron chi connectivity index (χ0n) is 22.6. The van der Waals surface area contributed by atoms with Crippen LogP contribution in [0.15, 0.2) is 91.0 Å². The third-order valence-corrected chi connectivity index (χ3v) is 7.74. The minimum atomic E-state index is -0.982. The van der Waals surface area contributed by atoms with Crippen molar-refractivity contribution in [3.8, 4) is 5.75 Å². The second kappa shape index (κ2) is 12.8. The molecule has 4 aromatic rings. The minimum absolute atomic E-state index is 0.212. The van der Waals surface area contributed by atoms with Gasteiger partial charge in [0.25, 0.3) is 0 Å². The third-order valence-electron chi connectivity index (χ3n) is 7.74. The fourth-order valence-electron chi connectivity index (χ4n) is 5.86. The highest BCUT2D eigenvalue weighted by Gasteiger charge is 2.35. The Morgan fingerprint density at radius 1 is 0.949 bits per heavy atom. The van der Waals surface area contributed by atoms with Crippen molar-refractivity contribution in [2.45, 2.75) is 45.2 Å². The summed E-state index contributed by atoms with van der Waals surface area (Å²) < 4.78 is 5.89. The molecule has 3 aromatic carbocycles. The number of hydrogen-bond acceptors (Lipinski definition) is 4. The summed E-state index contributed by atoms with van der Waals surface area (Å²) in [4.78, 5) is 21.3. The summed E-state index contributed by atoms with van der Waals surface area (Å²) in [6.45, 7) is 4.62. The molecule has 0 radical (unpaired) electrons. The van der Waals surface area contributed by atoms with Crippen LogP contribution in [0.5, 0.6) is 5.75 Å². The third kappa shape index (κ3) is 6.58. The molecule has 6 heteroatoms. The van der Waals surface area contributed by atoms with E-state index in [2.05, 4.69) is 59.5 Å². The van der Waals surface area contributed by atoms with Crippen LogP contribution in [0.25, 0.3) is 10.9 Å². The first kappa shape index (κ1) is 26.7. The van der Waals surface area contributed by atoms with Crippen molar-refractivity contribution in [1.29, 1.82) is 0 Å². The van der Waals surface area contributed by atoms with Gasteiger partial charge in [0.1, 0.15) is 11.6 Å². The Balaban J connectivity index is 1.40. The zero-order valence-corrected chi connectivity index (χ0v) is 22.6. The molecule has 0 bridgehead atoms. The maximum absolute atomic E-state index is 12.6. The molecule has 1 amide bonds.